The summed E-state index contributed by atoms with van der Waals surface area (Å²) in [5.74, 6) is -0.121. The molecule has 23 heavy (non-hydrogen) atoms. The van der Waals surface area contributed by atoms with E-state index in [1.54, 1.807) is 0 Å². The first kappa shape index (κ1) is 15.4. The average molecular weight is 322 g/mol. The summed E-state index contributed by atoms with van der Waals surface area (Å²) >= 11 is 1.44. The minimum Gasteiger partial charge on any atom is -0.298 e. The molecular formula is C19H18N2OS. The zero-order valence-corrected chi connectivity index (χ0v) is 14.2. The van der Waals surface area contributed by atoms with E-state index in [9.17, 15) is 4.79 Å². The highest BCUT2D eigenvalue weighted by molar-refractivity contribution is 7.14. The van der Waals surface area contributed by atoms with Crippen molar-refractivity contribution < 1.29 is 4.79 Å². The number of amides is 1. The van der Waals surface area contributed by atoms with Crippen LogP contribution in [0.15, 0.2) is 47.8 Å². The van der Waals surface area contributed by atoms with Crippen molar-refractivity contribution in [3.63, 3.8) is 0 Å². The van der Waals surface area contributed by atoms with Crippen LogP contribution in [0.4, 0.5) is 5.13 Å². The Kier molecular flexibility index (Phi) is 4.26. The van der Waals surface area contributed by atoms with Gasteiger partial charge in [-0.3, -0.25) is 10.1 Å². The number of hydrogen-bond acceptors (Lipinski definition) is 3. The van der Waals surface area contributed by atoms with Crippen LogP contribution in [-0.4, -0.2) is 10.9 Å². The highest BCUT2D eigenvalue weighted by Gasteiger charge is 2.12. The number of aryl methyl sites for hydroxylation is 3. The summed E-state index contributed by atoms with van der Waals surface area (Å²) in [6.45, 7) is 6.08. The maximum absolute atomic E-state index is 12.3. The molecular weight excluding hydrogens is 304 g/mol. The van der Waals surface area contributed by atoms with E-state index in [0.29, 0.717) is 10.7 Å². The molecule has 0 unspecified atom stereocenters. The first-order valence-electron chi connectivity index (χ1n) is 7.45. The second-order valence-corrected chi connectivity index (χ2v) is 6.48. The molecule has 0 aliphatic heterocycles. The smallest absolute Gasteiger partial charge is 0.257 e. The van der Waals surface area contributed by atoms with Gasteiger partial charge in [-0.25, -0.2) is 4.98 Å². The lowest BCUT2D eigenvalue weighted by Gasteiger charge is -2.05. The van der Waals surface area contributed by atoms with E-state index >= 15 is 0 Å². The van der Waals surface area contributed by atoms with Gasteiger partial charge in [0.05, 0.1) is 5.69 Å². The van der Waals surface area contributed by atoms with Gasteiger partial charge in [-0.05, 0) is 38.0 Å². The second-order valence-electron chi connectivity index (χ2n) is 5.63. The van der Waals surface area contributed by atoms with Crippen LogP contribution in [-0.2, 0) is 0 Å². The molecule has 0 spiro atoms. The molecule has 4 heteroatoms. The van der Waals surface area contributed by atoms with Crippen LogP contribution < -0.4 is 5.32 Å². The first-order valence-corrected chi connectivity index (χ1v) is 8.32. The van der Waals surface area contributed by atoms with Crippen LogP contribution in [0.25, 0.3) is 11.3 Å². The Labute approximate surface area is 140 Å². The molecule has 1 N–H and O–H groups in total. The number of aromatic nitrogens is 1. The fourth-order valence-corrected chi connectivity index (χ4v) is 3.25. The second kappa shape index (κ2) is 6.34. The van der Waals surface area contributed by atoms with E-state index in [2.05, 4.69) is 42.3 Å². The van der Waals surface area contributed by atoms with E-state index < -0.39 is 0 Å². The van der Waals surface area contributed by atoms with Gasteiger partial charge in [0.25, 0.3) is 5.91 Å². The molecule has 0 radical (unpaired) electrons. The van der Waals surface area contributed by atoms with Crippen LogP contribution in [0.5, 0.6) is 0 Å². The molecule has 3 aromatic rings. The van der Waals surface area contributed by atoms with Gasteiger partial charge in [-0.2, -0.15) is 0 Å². The summed E-state index contributed by atoms with van der Waals surface area (Å²) in [6, 6.07) is 13.8. The Morgan fingerprint density at radius 2 is 1.83 bits per heavy atom. The normalized spacial score (nSPS) is 10.6. The first-order chi connectivity index (χ1) is 11.0. The summed E-state index contributed by atoms with van der Waals surface area (Å²) in [5, 5.41) is 5.48. The van der Waals surface area contributed by atoms with Crippen molar-refractivity contribution in [2.75, 3.05) is 5.32 Å². The van der Waals surface area contributed by atoms with Crippen molar-refractivity contribution in [2.45, 2.75) is 20.8 Å². The van der Waals surface area contributed by atoms with Crippen molar-refractivity contribution in [3.8, 4) is 11.3 Å². The number of thiazole rings is 1. The predicted molar refractivity (Wildman–Crippen MR) is 96.2 cm³/mol. The van der Waals surface area contributed by atoms with E-state index in [1.807, 2.05) is 36.6 Å². The molecule has 0 aliphatic carbocycles. The van der Waals surface area contributed by atoms with E-state index in [-0.39, 0.29) is 5.91 Å². The monoisotopic (exact) mass is 322 g/mol. The summed E-state index contributed by atoms with van der Waals surface area (Å²) < 4.78 is 0. The molecule has 0 fully saturated rings. The number of anilines is 1. The molecule has 0 atom stereocenters. The van der Waals surface area contributed by atoms with E-state index in [4.69, 9.17) is 0 Å². The average Bonchev–Trinajstić information content (AvgIpc) is 2.95. The van der Waals surface area contributed by atoms with Gasteiger partial charge in [-0.15, -0.1) is 11.3 Å². The topological polar surface area (TPSA) is 42.0 Å². The molecule has 3 nitrogen and oxygen atoms in total. The third-order valence-electron chi connectivity index (χ3n) is 3.77. The lowest BCUT2D eigenvalue weighted by molar-refractivity contribution is 0.102. The quantitative estimate of drug-likeness (QED) is 0.738. The molecule has 1 amide bonds. The van der Waals surface area contributed by atoms with Crippen LogP contribution in [0.3, 0.4) is 0 Å². The SMILES string of the molecule is Cc1ccc(-c2csc(NC(=O)c3ccccc3C)n2)c(C)c1. The Bertz CT molecular complexity index is 867. The molecule has 3 rings (SSSR count). The third kappa shape index (κ3) is 3.32. The van der Waals surface area contributed by atoms with Crippen molar-refractivity contribution in [3.05, 3.63) is 70.1 Å². The number of rotatable bonds is 3. The van der Waals surface area contributed by atoms with E-state index in [0.717, 1.165) is 16.8 Å². The maximum Gasteiger partial charge on any atom is 0.257 e. The van der Waals surface area contributed by atoms with Crippen LogP contribution >= 0.6 is 11.3 Å². The Morgan fingerprint density at radius 1 is 1.04 bits per heavy atom. The molecule has 0 saturated heterocycles. The Hall–Kier alpha value is -2.46. The van der Waals surface area contributed by atoms with Gasteiger partial charge in [0.2, 0.25) is 0 Å². The summed E-state index contributed by atoms with van der Waals surface area (Å²) in [7, 11) is 0. The summed E-state index contributed by atoms with van der Waals surface area (Å²) in [5.41, 5.74) is 6.05. The Balaban J connectivity index is 1.82. The lowest BCUT2D eigenvalue weighted by atomic mass is 10.0. The van der Waals surface area contributed by atoms with Crippen LogP contribution in [0.2, 0.25) is 0 Å². The van der Waals surface area contributed by atoms with Crippen LogP contribution in [0, 0.1) is 20.8 Å². The van der Waals surface area contributed by atoms with Gasteiger partial charge in [0.1, 0.15) is 0 Å². The number of hydrogen-bond donors (Lipinski definition) is 1. The zero-order chi connectivity index (χ0) is 16.4. The molecule has 0 bridgehead atoms. The highest BCUT2D eigenvalue weighted by atomic mass is 32.1. The number of benzene rings is 2. The summed E-state index contributed by atoms with van der Waals surface area (Å²) in [4.78, 5) is 16.9. The van der Waals surface area contributed by atoms with Crippen LogP contribution in [0.1, 0.15) is 27.0 Å². The fourth-order valence-electron chi connectivity index (χ4n) is 2.55. The predicted octanol–water partition coefficient (Wildman–Crippen LogP) is 4.99. The largest absolute Gasteiger partial charge is 0.298 e. The maximum atomic E-state index is 12.3. The van der Waals surface area contributed by atoms with Gasteiger partial charge in [0.15, 0.2) is 5.13 Å². The minimum absolute atomic E-state index is 0.121. The van der Waals surface area contributed by atoms with Crippen molar-refractivity contribution in [1.82, 2.24) is 4.98 Å². The molecule has 0 aliphatic rings. The van der Waals surface area contributed by atoms with Crippen molar-refractivity contribution in [2.24, 2.45) is 0 Å². The van der Waals surface area contributed by atoms with Gasteiger partial charge in [-0.1, -0.05) is 42.0 Å². The number of carbonyl (C=O) groups is 1. The highest BCUT2D eigenvalue weighted by Crippen LogP contribution is 2.28. The summed E-state index contributed by atoms with van der Waals surface area (Å²) in [6.07, 6.45) is 0. The molecule has 2 aromatic carbocycles. The van der Waals surface area contributed by atoms with Gasteiger partial charge in [0, 0.05) is 16.5 Å². The number of nitrogens with one attached hydrogen (secondary N) is 1. The standard InChI is InChI=1S/C19H18N2OS/c1-12-8-9-15(14(3)10-12)17-11-23-19(20-17)21-18(22)16-7-5-4-6-13(16)2/h4-11H,1-3H3,(H,20,21,22). The number of carbonyl (C=O) groups excluding carboxylic acids is 1. The van der Waals surface area contributed by atoms with Crippen molar-refractivity contribution >= 4 is 22.4 Å². The molecule has 0 saturated carbocycles. The molecule has 1 heterocycles. The lowest BCUT2D eigenvalue weighted by Crippen LogP contribution is -2.13. The molecule has 1 aromatic heterocycles. The van der Waals surface area contributed by atoms with Gasteiger partial charge >= 0.3 is 0 Å². The van der Waals surface area contributed by atoms with Gasteiger partial charge < -0.3 is 0 Å². The third-order valence-corrected chi connectivity index (χ3v) is 4.53. The zero-order valence-electron chi connectivity index (χ0n) is 13.4. The molecule has 116 valence electrons. The Morgan fingerprint density at radius 3 is 2.57 bits per heavy atom. The fraction of sp³-hybridized carbons (Fsp3) is 0.158. The number of nitrogens with zero attached hydrogens (tertiary/aromatic N) is 1. The van der Waals surface area contributed by atoms with Crippen molar-refractivity contribution in [1.29, 1.82) is 0 Å². The minimum atomic E-state index is -0.121. The van der Waals surface area contributed by atoms with E-state index in [1.165, 1.54) is 22.5 Å².